The van der Waals surface area contributed by atoms with Gasteiger partial charge in [-0.05, 0) is 34.7 Å². The maximum absolute atomic E-state index is 10.7. The zero-order valence-corrected chi connectivity index (χ0v) is 8.92. The topological polar surface area (TPSA) is 58.6 Å². The van der Waals surface area contributed by atoms with E-state index in [1.54, 1.807) is 14.0 Å². The summed E-state index contributed by atoms with van der Waals surface area (Å²) in [6.07, 6.45) is -0.345. The van der Waals surface area contributed by atoms with Gasteiger partial charge in [0.2, 0.25) is 0 Å². The molecule has 4 heteroatoms. The molecule has 0 radical (unpaired) electrons. The van der Waals surface area contributed by atoms with Gasteiger partial charge >= 0.3 is 5.97 Å². The van der Waals surface area contributed by atoms with Crippen molar-refractivity contribution in [3.63, 3.8) is 0 Å². The van der Waals surface area contributed by atoms with Gasteiger partial charge in [-0.15, -0.1) is 0 Å². The maximum atomic E-state index is 10.7. The highest BCUT2D eigenvalue weighted by Gasteiger charge is 2.27. The number of carboxylic acid groups (broad SMARTS) is 1. The molecular weight excluding hydrogens is 170 g/mol. The predicted molar refractivity (Wildman–Crippen MR) is 50.8 cm³/mol. The summed E-state index contributed by atoms with van der Waals surface area (Å²) in [5.74, 6) is -0.890. The first-order chi connectivity index (χ1) is 5.78. The maximum Gasteiger partial charge on any atom is 0.323 e. The van der Waals surface area contributed by atoms with Gasteiger partial charge in [-0.1, -0.05) is 0 Å². The Kier molecular flexibility index (Phi) is 4.36. The van der Waals surface area contributed by atoms with E-state index in [2.05, 4.69) is 5.32 Å². The molecule has 4 nitrogen and oxygen atoms in total. The first-order valence-electron chi connectivity index (χ1n) is 4.36. The SMILES string of the molecule is CNC(C(=O)O)[C@H](C)OC(C)(C)C. The van der Waals surface area contributed by atoms with Gasteiger partial charge in [0.1, 0.15) is 6.04 Å². The van der Waals surface area contributed by atoms with E-state index >= 15 is 0 Å². The quantitative estimate of drug-likeness (QED) is 0.688. The van der Waals surface area contributed by atoms with Gasteiger partial charge in [0.05, 0.1) is 11.7 Å². The van der Waals surface area contributed by atoms with Crippen LogP contribution in [-0.2, 0) is 9.53 Å². The molecule has 0 bridgehead atoms. The summed E-state index contributed by atoms with van der Waals surface area (Å²) < 4.78 is 5.51. The van der Waals surface area contributed by atoms with Crippen molar-refractivity contribution in [1.82, 2.24) is 5.32 Å². The second kappa shape index (κ2) is 4.58. The summed E-state index contributed by atoms with van der Waals surface area (Å²) >= 11 is 0. The van der Waals surface area contributed by atoms with Gasteiger partial charge in [0, 0.05) is 0 Å². The first kappa shape index (κ1) is 12.4. The molecule has 0 heterocycles. The second-order valence-electron chi connectivity index (χ2n) is 4.04. The van der Waals surface area contributed by atoms with Crippen LogP contribution in [0, 0.1) is 0 Å². The largest absolute Gasteiger partial charge is 0.480 e. The summed E-state index contributed by atoms with van der Waals surface area (Å²) in [5.41, 5.74) is -0.316. The number of hydrogen-bond donors (Lipinski definition) is 2. The van der Waals surface area contributed by atoms with E-state index in [9.17, 15) is 4.79 Å². The summed E-state index contributed by atoms with van der Waals surface area (Å²) in [4.78, 5) is 10.7. The Morgan fingerprint density at radius 2 is 1.92 bits per heavy atom. The third-order valence-electron chi connectivity index (χ3n) is 1.59. The number of carboxylic acids is 1. The number of carbonyl (C=O) groups is 1. The smallest absolute Gasteiger partial charge is 0.323 e. The van der Waals surface area contributed by atoms with Crippen LogP contribution in [0.2, 0.25) is 0 Å². The normalized spacial score (nSPS) is 16.7. The Bertz CT molecular complexity index is 174. The van der Waals surface area contributed by atoms with Gasteiger partial charge in [0.25, 0.3) is 0 Å². The Balaban J connectivity index is 4.22. The molecular formula is C9H19NO3. The monoisotopic (exact) mass is 189 g/mol. The molecule has 0 rings (SSSR count). The Morgan fingerprint density at radius 1 is 1.46 bits per heavy atom. The van der Waals surface area contributed by atoms with Crippen LogP contribution < -0.4 is 5.32 Å². The highest BCUT2D eigenvalue weighted by atomic mass is 16.5. The molecule has 2 N–H and O–H groups in total. The molecule has 0 aliphatic rings. The van der Waals surface area contributed by atoms with Crippen LogP contribution in [0.4, 0.5) is 0 Å². The molecule has 0 aliphatic carbocycles. The number of nitrogens with one attached hydrogen (secondary N) is 1. The van der Waals surface area contributed by atoms with Gasteiger partial charge in [-0.2, -0.15) is 0 Å². The fourth-order valence-electron chi connectivity index (χ4n) is 1.18. The lowest BCUT2D eigenvalue weighted by Crippen LogP contribution is -2.46. The van der Waals surface area contributed by atoms with E-state index in [-0.39, 0.29) is 11.7 Å². The second-order valence-corrected chi connectivity index (χ2v) is 4.04. The Hall–Kier alpha value is -0.610. The Morgan fingerprint density at radius 3 is 2.15 bits per heavy atom. The van der Waals surface area contributed by atoms with Crippen molar-refractivity contribution in [2.24, 2.45) is 0 Å². The van der Waals surface area contributed by atoms with Crippen molar-refractivity contribution in [2.75, 3.05) is 7.05 Å². The summed E-state index contributed by atoms with van der Waals surface area (Å²) in [7, 11) is 1.61. The standard InChI is InChI=1S/C9H19NO3/c1-6(13-9(2,3)4)7(10-5)8(11)12/h6-7,10H,1-5H3,(H,11,12)/t6-,7?/m0/s1. The summed E-state index contributed by atoms with van der Waals surface area (Å²) in [6, 6.07) is -0.653. The number of aliphatic carboxylic acids is 1. The molecule has 13 heavy (non-hydrogen) atoms. The van der Waals surface area contributed by atoms with Crippen LogP contribution in [0.3, 0.4) is 0 Å². The van der Waals surface area contributed by atoms with E-state index in [4.69, 9.17) is 9.84 Å². The van der Waals surface area contributed by atoms with Crippen molar-refractivity contribution >= 4 is 5.97 Å². The molecule has 0 aromatic heterocycles. The fourth-order valence-corrected chi connectivity index (χ4v) is 1.18. The third-order valence-corrected chi connectivity index (χ3v) is 1.59. The molecule has 1 unspecified atom stereocenters. The number of rotatable bonds is 4. The summed E-state index contributed by atoms with van der Waals surface area (Å²) in [5, 5.41) is 11.5. The lowest BCUT2D eigenvalue weighted by atomic mass is 10.1. The van der Waals surface area contributed by atoms with E-state index in [1.165, 1.54) is 0 Å². The average Bonchev–Trinajstić information content (AvgIpc) is 1.82. The fraction of sp³-hybridized carbons (Fsp3) is 0.889. The van der Waals surface area contributed by atoms with E-state index in [1.807, 2.05) is 20.8 Å². The van der Waals surface area contributed by atoms with Crippen LogP contribution in [0.1, 0.15) is 27.7 Å². The lowest BCUT2D eigenvalue weighted by molar-refractivity contribution is -0.147. The van der Waals surface area contributed by atoms with Crippen molar-refractivity contribution in [3.8, 4) is 0 Å². The van der Waals surface area contributed by atoms with Crippen molar-refractivity contribution in [1.29, 1.82) is 0 Å². The first-order valence-corrected chi connectivity index (χ1v) is 4.36. The van der Waals surface area contributed by atoms with Crippen LogP contribution in [-0.4, -0.2) is 35.9 Å². The van der Waals surface area contributed by atoms with Crippen molar-refractivity contribution in [2.45, 2.75) is 45.4 Å². The highest BCUT2D eigenvalue weighted by Crippen LogP contribution is 2.12. The molecule has 78 valence electrons. The van der Waals surface area contributed by atoms with Crippen LogP contribution in [0.5, 0.6) is 0 Å². The molecule has 0 saturated heterocycles. The highest BCUT2D eigenvalue weighted by molar-refractivity contribution is 5.74. The molecule has 0 amide bonds. The number of hydrogen-bond acceptors (Lipinski definition) is 3. The number of ether oxygens (including phenoxy) is 1. The molecule has 0 aromatic carbocycles. The Labute approximate surface area is 79.3 Å². The molecule has 0 aliphatic heterocycles. The molecule has 0 spiro atoms. The van der Waals surface area contributed by atoms with Gasteiger partial charge < -0.3 is 15.2 Å². The van der Waals surface area contributed by atoms with Crippen LogP contribution in [0.15, 0.2) is 0 Å². The molecule has 0 aromatic rings. The minimum atomic E-state index is -0.890. The van der Waals surface area contributed by atoms with Crippen LogP contribution in [0.25, 0.3) is 0 Å². The van der Waals surface area contributed by atoms with E-state index in [0.29, 0.717) is 0 Å². The molecule has 0 fully saturated rings. The van der Waals surface area contributed by atoms with Gasteiger partial charge in [-0.25, -0.2) is 0 Å². The molecule has 0 saturated carbocycles. The lowest BCUT2D eigenvalue weighted by Gasteiger charge is -2.28. The predicted octanol–water partition coefficient (Wildman–Crippen LogP) is 0.863. The van der Waals surface area contributed by atoms with Gasteiger partial charge in [0.15, 0.2) is 0 Å². The zero-order valence-electron chi connectivity index (χ0n) is 8.92. The van der Waals surface area contributed by atoms with E-state index in [0.717, 1.165) is 0 Å². The van der Waals surface area contributed by atoms with Crippen molar-refractivity contribution in [3.05, 3.63) is 0 Å². The average molecular weight is 189 g/mol. The minimum Gasteiger partial charge on any atom is -0.480 e. The van der Waals surface area contributed by atoms with E-state index < -0.39 is 12.0 Å². The third kappa shape index (κ3) is 4.85. The van der Waals surface area contributed by atoms with Crippen molar-refractivity contribution < 1.29 is 14.6 Å². The van der Waals surface area contributed by atoms with Crippen LogP contribution >= 0.6 is 0 Å². The zero-order chi connectivity index (χ0) is 10.6. The number of likely N-dealkylation sites (N-methyl/N-ethyl adjacent to an activating group) is 1. The summed E-state index contributed by atoms with van der Waals surface area (Å²) in [6.45, 7) is 7.45. The minimum absolute atomic E-state index is 0.316. The van der Waals surface area contributed by atoms with Gasteiger partial charge in [-0.3, -0.25) is 4.79 Å². The molecule has 2 atom stereocenters.